The first-order chi connectivity index (χ1) is 13.2. The number of hydrogen-bond donors (Lipinski definition) is 2. The molecule has 148 valence electrons. The van der Waals surface area contributed by atoms with Crippen molar-refractivity contribution in [1.29, 1.82) is 0 Å². The van der Waals surface area contributed by atoms with E-state index >= 15 is 0 Å². The molecule has 0 radical (unpaired) electrons. The van der Waals surface area contributed by atoms with Crippen molar-refractivity contribution in [2.24, 2.45) is 11.1 Å². The first-order valence-corrected chi connectivity index (χ1v) is 10.2. The van der Waals surface area contributed by atoms with Crippen molar-refractivity contribution in [3.8, 4) is 0 Å². The molecule has 0 aliphatic carbocycles. The highest BCUT2D eigenvalue weighted by atomic mass is 32.2. The van der Waals surface area contributed by atoms with Crippen molar-refractivity contribution in [3.05, 3.63) is 59.9 Å². The van der Waals surface area contributed by atoms with Gasteiger partial charge in [-0.1, -0.05) is 12.1 Å². The molecule has 7 nitrogen and oxygen atoms in total. The zero-order valence-corrected chi connectivity index (χ0v) is 15.8. The molecule has 1 heterocycles. The Labute approximate surface area is 162 Å². The Bertz CT molecular complexity index is 975. The Kier molecular flexibility index (Phi) is 5.76. The standard InChI is InChI=1S/C19H20FN3O4S/c20-15-3-1-13(2-4-15)9-10-23-12-14(11-18(23)24)19(25)22-16-5-7-17(8-6-16)28(21,26)27/h1-8,14H,9-12H2,(H,22,25)(H2,21,26,27). The Morgan fingerprint density at radius 1 is 1.14 bits per heavy atom. The fourth-order valence-electron chi connectivity index (χ4n) is 3.05. The van der Waals surface area contributed by atoms with Gasteiger partial charge in [-0.25, -0.2) is 17.9 Å². The predicted molar refractivity (Wildman–Crippen MR) is 101 cm³/mol. The van der Waals surface area contributed by atoms with Gasteiger partial charge < -0.3 is 10.2 Å². The van der Waals surface area contributed by atoms with E-state index < -0.39 is 15.9 Å². The third-order valence-corrected chi connectivity index (χ3v) is 5.55. The fraction of sp³-hybridized carbons (Fsp3) is 0.263. The van der Waals surface area contributed by atoms with Crippen LogP contribution in [0, 0.1) is 11.7 Å². The molecule has 2 amide bonds. The zero-order chi connectivity index (χ0) is 20.3. The number of hydrogen-bond acceptors (Lipinski definition) is 4. The second-order valence-electron chi connectivity index (χ2n) is 6.68. The molecule has 28 heavy (non-hydrogen) atoms. The summed E-state index contributed by atoms with van der Waals surface area (Å²) in [6.07, 6.45) is 0.694. The number of anilines is 1. The molecule has 3 rings (SSSR count). The molecule has 0 bridgehead atoms. The number of carbonyl (C=O) groups is 2. The van der Waals surface area contributed by atoms with Gasteiger partial charge in [-0.3, -0.25) is 9.59 Å². The summed E-state index contributed by atoms with van der Waals surface area (Å²) in [5.74, 6) is -1.21. The molecule has 0 saturated carbocycles. The molecule has 1 unspecified atom stereocenters. The number of nitrogens with two attached hydrogens (primary N) is 1. The molecule has 0 aromatic heterocycles. The molecule has 1 aliphatic heterocycles. The molecule has 9 heteroatoms. The van der Waals surface area contributed by atoms with Crippen LogP contribution < -0.4 is 10.5 Å². The molecule has 1 atom stereocenters. The number of likely N-dealkylation sites (tertiary alicyclic amines) is 1. The summed E-state index contributed by atoms with van der Waals surface area (Å²) in [5, 5.41) is 7.73. The number of nitrogens with one attached hydrogen (secondary N) is 1. The molecule has 3 N–H and O–H groups in total. The normalized spacial score (nSPS) is 17.0. The average molecular weight is 405 g/mol. The minimum atomic E-state index is -3.79. The zero-order valence-electron chi connectivity index (χ0n) is 15.0. The third kappa shape index (κ3) is 4.93. The van der Waals surface area contributed by atoms with Crippen LogP contribution >= 0.6 is 0 Å². The van der Waals surface area contributed by atoms with Gasteiger partial charge in [0.15, 0.2) is 0 Å². The third-order valence-electron chi connectivity index (χ3n) is 4.62. The Morgan fingerprint density at radius 2 is 1.79 bits per heavy atom. The molecule has 2 aromatic carbocycles. The van der Waals surface area contributed by atoms with E-state index in [0.717, 1.165) is 5.56 Å². The van der Waals surface area contributed by atoms with Gasteiger partial charge in [0.25, 0.3) is 0 Å². The quantitative estimate of drug-likeness (QED) is 0.759. The van der Waals surface area contributed by atoms with Crippen molar-refractivity contribution < 1.29 is 22.4 Å². The molecule has 1 fully saturated rings. The van der Waals surface area contributed by atoms with Crippen LogP contribution in [0.5, 0.6) is 0 Å². The second-order valence-corrected chi connectivity index (χ2v) is 8.24. The first-order valence-electron chi connectivity index (χ1n) is 8.68. The van der Waals surface area contributed by atoms with E-state index in [9.17, 15) is 22.4 Å². The lowest BCUT2D eigenvalue weighted by molar-refractivity contribution is -0.128. The smallest absolute Gasteiger partial charge is 0.238 e. The van der Waals surface area contributed by atoms with Crippen molar-refractivity contribution in [2.75, 3.05) is 18.4 Å². The van der Waals surface area contributed by atoms with Crippen LogP contribution in [0.3, 0.4) is 0 Å². The van der Waals surface area contributed by atoms with Gasteiger partial charge in [-0.2, -0.15) is 0 Å². The van der Waals surface area contributed by atoms with Gasteiger partial charge in [0.05, 0.1) is 10.8 Å². The Balaban J connectivity index is 1.55. The SMILES string of the molecule is NS(=O)(=O)c1ccc(NC(=O)C2CC(=O)N(CCc3ccc(F)cc3)C2)cc1. The molecular weight excluding hydrogens is 385 g/mol. The lowest BCUT2D eigenvalue weighted by atomic mass is 10.1. The van der Waals surface area contributed by atoms with Crippen molar-refractivity contribution >= 4 is 27.5 Å². The van der Waals surface area contributed by atoms with Crippen LogP contribution in [0.15, 0.2) is 53.4 Å². The number of halogens is 1. The number of primary sulfonamides is 1. The summed E-state index contributed by atoms with van der Waals surface area (Å²) in [4.78, 5) is 26.2. The van der Waals surface area contributed by atoms with E-state index in [1.807, 2.05) is 0 Å². The summed E-state index contributed by atoms with van der Waals surface area (Å²) in [6.45, 7) is 0.762. The van der Waals surface area contributed by atoms with Gasteiger partial charge >= 0.3 is 0 Å². The highest BCUT2D eigenvalue weighted by molar-refractivity contribution is 7.89. The van der Waals surface area contributed by atoms with Crippen LogP contribution in [0.4, 0.5) is 10.1 Å². The summed E-state index contributed by atoms with van der Waals surface area (Å²) in [5.41, 5.74) is 1.34. The van der Waals surface area contributed by atoms with E-state index in [1.165, 1.54) is 36.4 Å². The maximum absolute atomic E-state index is 12.9. The van der Waals surface area contributed by atoms with Crippen LogP contribution in [0.1, 0.15) is 12.0 Å². The van der Waals surface area contributed by atoms with Gasteiger partial charge in [-0.15, -0.1) is 0 Å². The van der Waals surface area contributed by atoms with Gasteiger partial charge in [-0.05, 0) is 48.4 Å². The molecule has 1 saturated heterocycles. The van der Waals surface area contributed by atoms with E-state index in [4.69, 9.17) is 5.14 Å². The maximum Gasteiger partial charge on any atom is 0.238 e. The highest BCUT2D eigenvalue weighted by Crippen LogP contribution is 2.21. The van der Waals surface area contributed by atoms with Crippen LogP contribution in [0.25, 0.3) is 0 Å². The average Bonchev–Trinajstić information content (AvgIpc) is 3.02. The Morgan fingerprint density at radius 3 is 2.39 bits per heavy atom. The Hall–Kier alpha value is -2.78. The largest absolute Gasteiger partial charge is 0.342 e. The fourth-order valence-corrected chi connectivity index (χ4v) is 3.57. The van der Waals surface area contributed by atoms with Gasteiger partial charge in [0.2, 0.25) is 21.8 Å². The maximum atomic E-state index is 12.9. The topological polar surface area (TPSA) is 110 Å². The summed E-state index contributed by atoms with van der Waals surface area (Å²) >= 11 is 0. The lowest BCUT2D eigenvalue weighted by Gasteiger charge is -2.16. The number of carbonyl (C=O) groups excluding carboxylic acids is 2. The molecule has 2 aromatic rings. The summed E-state index contributed by atoms with van der Waals surface area (Å²) in [6, 6.07) is 11.6. The van der Waals surface area contributed by atoms with Crippen molar-refractivity contribution in [1.82, 2.24) is 4.90 Å². The molecule has 1 aliphatic rings. The number of rotatable bonds is 6. The minimum Gasteiger partial charge on any atom is -0.342 e. The number of benzene rings is 2. The van der Waals surface area contributed by atoms with E-state index in [-0.39, 0.29) is 28.9 Å². The van der Waals surface area contributed by atoms with E-state index in [0.29, 0.717) is 25.2 Å². The number of amides is 2. The number of sulfonamides is 1. The summed E-state index contributed by atoms with van der Waals surface area (Å²) in [7, 11) is -3.79. The predicted octanol–water partition coefficient (Wildman–Crippen LogP) is 1.50. The monoisotopic (exact) mass is 405 g/mol. The highest BCUT2D eigenvalue weighted by Gasteiger charge is 2.34. The van der Waals surface area contributed by atoms with Crippen LogP contribution in [-0.2, 0) is 26.0 Å². The van der Waals surface area contributed by atoms with Gasteiger partial charge in [0, 0.05) is 25.2 Å². The van der Waals surface area contributed by atoms with Crippen LogP contribution in [0.2, 0.25) is 0 Å². The van der Waals surface area contributed by atoms with E-state index in [2.05, 4.69) is 5.32 Å². The van der Waals surface area contributed by atoms with E-state index in [1.54, 1.807) is 17.0 Å². The van der Waals surface area contributed by atoms with Crippen molar-refractivity contribution in [3.63, 3.8) is 0 Å². The number of nitrogens with zero attached hydrogens (tertiary/aromatic N) is 1. The van der Waals surface area contributed by atoms with Crippen molar-refractivity contribution in [2.45, 2.75) is 17.7 Å². The molecular formula is C19H20FN3O4S. The second kappa shape index (κ2) is 8.07. The molecule has 0 spiro atoms. The van der Waals surface area contributed by atoms with Gasteiger partial charge in [0.1, 0.15) is 5.82 Å². The summed E-state index contributed by atoms with van der Waals surface area (Å²) < 4.78 is 35.5. The lowest BCUT2D eigenvalue weighted by Crippen LogP contribution is -2.30. The first kappa shape index (κ1) is 20.0. The minimum absolute atomic E-state index is 0.0477. The van der Waals surface area contributed by atoms with Crippen LogP contribution in [-0.4, -0.2) is 38.2 Å².